The number of phenols is 1. The molecule has 1 heterocycles. The zero-order chi connectivity index (χ0) is 14.7. The van der Waals surface area contributed by atoms with E-state index in [0.29, 0.717) is 23.0 Å². The number of aromatic nitrogens is 4. The second-order valence-electron chi connectivity index (χ2n) is 4.41. The van der Waals surface area contributed by atoms with Crippen molar-refractivity contribution >= 4 is 17.3 Å². The molecule has 3 aromatic rings. The van der Waals surface area contributed by atoms with Crippen molar-refractivity contribution in [2.75, 3.05) is 5.32 Å². The number of aromatic hydroxyl groups is 1. The van der Waals surface area contributed by atoms with Crippen LogP contribution >= 0.6 is 11.6 Å². The highest BCUT2D eigenvalue weighted by Crippen LogP contribution is 2.26. The Balaban J connectivity index is 1.78. The lowest BCUT2D eigenvalue weighted by atomic mass is 10.1. The quantitative estimate of drug-likeness (QED) is 0.690. The molecule has 0 aliphatic carbocycles. The Morgan fingerprint density at radius 1 is 1.19 bits per heavy atom. The van der Waals surface area contributed by atoms with Crippen molar-refractivity contribution in [3.05, 3.63) is 53.1 Å². The van der Waals surface area contributed by atoms with Gasteiger partial charge in [0, 0.05) is 28.4 Å². The van der Waals surface area contributed by atoms with E-state index in [2.05, 4.69) is 25.9 Å². The van der Waals surface area contributed by atoms with E-state index in [4.69, 9.17) is 11.6 Å². The topological polar surface area (TPSA) is 86.7 Å². The number of hydrogen-bond donors (Lipinski definition) is 3. The van der Waals surface area contributed by atoms with Crippen LogP contribution in [-0.2, 0) is 6.54 Å². The highest BCUT2D eigenvalue weighted by atomic mass is 35.5. The lowest BCUT2D eigenvalue weighted by Crippen LogP contribution is -2.00. The van der Waals surface area contributed by atoms with Crippen LogP contribution in [0.4, 0.5) is 5.69 Å². The fourth-order valence-corrected chi connectivity index (χ4v) is 2.20. The molecule has 1 aromatic heterocycles. The first kappa shape index (κ1) is 13.4. The van der Waals surface area contributed by atoms with Gasteiger partial charge in [0.25, 0.3) is 0 Å². The molecule has 0 radical (unpaired) electrons. The number of halogens is 1. The first-order valence-corrected chi connectivity index (χ1v) is 6.66. The summed E-state index contributed by atoms with van der Waals surface area (Å²) in [5, 5.41) is 27.4. The first-order valence-electron chi connectivity index (χ1n) is 6.28. The minimum atomic E-state index is 0.171. The van der Waals surface area contributed by atoms with E-state index >= 15 is 0 Å². The highest BCUT2D eigenvalue weighted by molar-refractivity contribution is 6.31. The summed E-state index contributed by atoms with van der Waals surface area (Å²) >= 11 is 6.08. The minimum Gasteiger partial charge on any atom is -0.508 e. The van der Waals surface area contributed by atoms with Gasteiger partial charge in [-0.2, -0.15) is 5.21 Å². The third kappa shape index (κ3) is 2.95. The predicted molar refractivity (Wildman–Crippen MR) is 80.1 cm³/mol. The standard InChI is InChI=1S/C14H12ClN5O/c15-12-5-2-6-13(21)11(12)8-16-10-4-1-3-9(7-10)14-17-19-20-18-14/h1-7,16,21H,8H2,(H,17,18,19,20). The Labute approximate surface area is 125 Å². The van der Waals surface area contributed by atoms with Crippen LogP contribution in [0.3, 0.4) is 0 Å². The number of benzene rings is 2. The van der Waals surface area contributed by atoms with Crippen molar-refractivity contribution in [1.82, 2.24) is 20.6 Å². The van der Waals surface area contributed by atoms with E-state index in [1.807, 2.05) is 24.3 Å². The van der Waals surface area contributed by atoms with Crippen molar-refractivity contribution in [2.24, 2.45) is 0 Å². The Morgan fingerprint density at radius 3 is 2.81 bits per heavy atom. The maximum Gasteiger partial charge on any atom is 0.204 e. The second-order valence-corrected chi connectivity index (χ2v) is 4.81. The van der Waals surface area contributed by atoms with Gasteiger partial charge in [0.15, 0.2) is 0 Å². The van der Waals surface area contributed by atoms with Gasteiger partial charge < -0.3 is 10.4 Å². The molecular weight excluding hydrogens is 290 g/mol. The van der Waals surface area contributed by atoms with Crippen molar-refractivity contribution < 1.29 is 5.11 Å². The van der Waals surface area contributed by atoms with Crippen LogP contribution in [0.5, 0.6) is 5.75 Å². The van der Waals surface area contributed by atoms with Gasteiger partial charge in [-0.1, -0.05) is 29.8 Å². The molecule has 106 valence electrons. The molecule has 0 bridgehead atoms. The van der Waals surface area contributed by atoms with Gasteiger partial charge in [-0.25, -0.2) is 0 Å². The number of hydrogen-bond acceptors (Lipinski definition) is 5. The molecular formula is C14H12ClN5O. The summed E-state index contributed by atoms with van der Waals surface area (Å²) in [6.07, 6.45) is 0. The molecule has 7 heteroatoms. The van der Waals surface area contributed by atoms with E-state index in [0.717, 1.165) is 11.3 Å². The number of H-pyrrole nitrogens is 1. The lowest BCUT2D eigenvalue weighted by molar-refractivity contribution is 0.469. The van der Waals surface area contributed by atoms with Gasteiger partial charge >= 0.3 is 0 Å². The highest BCUT2D eigenvalue weighted by Gasteiger charge is 2.07. The van der Waals surface area contributed by atoms with E-state index in [1.54, 1.807) is 18.2 Å². The fourth-order valence-electron chi connectivity index (χ4n) is 1.97. The zero-order valence-electron chi connectivity index (χ0n) is 10.9. The SMILES string of the molecule is Oc1cccc(Cl)c1CNc1cccc(-c2nn[nH]n2)c1. The average molecular weight is 302 g/mol. The molecule has 2 aromatic carbocycles. The number of phenolic OH excluding ortho intramolecular Hbond substituents is 1. The van der Waals surface area contributed by atoms with Gasteiger partial charge in [-0.15, -0.1) is 10.2 Å². The van der Waals surface area contributed by atoms with Crippen LogP contribution in [0.2, 0.25) is 5.02 Å². The minimum absolute atomic E-state index is 0.171. The van der Waals surface area contributed by atoms with Gasteiger partial charge in [-0.05, 0) is 29.5 Å². The van der Waals surface area contributed by atoms with Gasteiger partial charge in [0.1, 0.15) is 5.75 Å². The number of aromatic amines is 1. The normalized spacial score (nSPS) is 10.5. The Bertz CT molecular complexity index is 725. The summed E-state index contributed by atoms with van der Waals surface area (Å²) in [6.45, 7) is 0.418. The van der Waals surface area contributed by atoms with E-state index in [9.17, 15) is 5.11 Å². The number of rotatable bonds is 4. The van der Waals surface area contributed by atoms with E-state index < -0.39 is 0 Å². The van der Waals surface area contributed by atoms with Crippen LogP contribution in [0.25, 0.3) is 11.4 Å². The van der Waals surface area contributed by atoms with Crippen LogP contribution in [0.1, 0.15) is 5.56 Å². The summed E-state index contributed by atoms with van der Waals surface area (Å²) in [5.41, 5.74) is 2.37. The van der Waals surface area contributed by atoms with Gasteiger partial charge in [0.2, 0.25) is 5.82 Å². The first-order chi connectivity index (χ1) is 10.2. The van der Waals surface area contributed by atoms with Crippen LogP contribution in [0.15, 0.2) is 42.5 Å². The number of tetrazole rings is 1. The van der Waals surface area contributed by atoms with Crippen LogP contribution < -0.4 is 5.32 Å². The molecule has 3 rings (SSSR count). The molecule has 6 nitrogen and oxygen atoms in total. The molecule has 0 unspecified atom stereocenters. The molecule has 0 aliphatic rings. The molecule has 3 N–H and O–H groups in total. The molecule has 0 saturated heterocycles. The van der Waals surface area contributed by atoms with Crippen LogP contribution in [0, 0.1) is 0 Å². The Hall–Kier alpha value is -2.60. The molecule has 0 fully saturated rings. The average Bonchev–Trinajstić information content (AvgIpc) is 3.01. The van der Waals surface area contributed by atoms with E-state index in [1.165, 1.54) is 0 Å². The summed E-state index contributed by atoms with van der Waals surface area (Å²) in [4.78, 5) is 0. The Morgan fingerprint density at radius 2 is 2.05 bits per heavy atom. The Kier molecular flexibility index (Phi) is 3.70. The third-order valence-electron chi connectivity index (χ3n) is 3.03. The van der Waals surface area contributed by atoms with Crippen molar-refractivity contribution in [3.8, 4) is 17.1 Å². The molecule has 0 aliphatic heterocycles. The van der Waals surface area contributed by atoms with Crippen molar-refractivity contribution in [2.45, 2.75) is 6.54 Å². The maximum atomic E-state index is 9.82. The van der Waals surface area contributed by atoms with E-state index in [-0.39, 0.29) is 5.75 Å². The summed E-state index contributed by atoms with van der Waals surface area (Å²) in [6, 6.07) is 12.7. The van der Waals surface area contributed by atoms with Gasteiger partial charge in [0.05, 0.1) is 0 Å². The maximum absolute atomic E-state index is 9.82. The smallest absolute Gasteiger partial charge is 0.204 e. The largest absolute Gasteiger partial charge is 0.508 e. The van der Waals surface area contributed by atoms with Gasteiger partial charge in [-0.3, -0.25) is 0 Å². The van der Waals surface area contributed by atoms with Crippen LogP contribution in [-0.4, -0.2) is 25.7 Å². The number of nitrogens with one attached hydrogen (secondary N) is 2. The lowest BCUT2D eigenvalue weighted by Gasteiger charge is -2.10. The molecule has 0 saturated carbocycles. The fraction of sp³-hybridized carbons (Fsp3) is 0.0714. The molecule has 21 heavy (non-hydrogen) atoms. The summed E-state index contributed by atoms with van der Waals surface area (Å²) < 4.78 is 0. The monoisotopic (exact) mass is 301 g/mol. The molecule has 0 amide bonds. The molecule has 0 atom stereocenters. The summed E-state index contributed by atoms with van der Waals surface area (Å²) in [5.74, 6) is 0.698. The van der Waals surface area contributed by atoms with Crippen molar-refractivity contribution in [3.63, 3.8) is 0 Å². The third-order valence-corrected chi connectivity index (χ3v) is 3.38. The summed E-state index contributed by atoms with van der Waals surface area (Å²) in [7, 11) is 0. The second kappa shape index (κ2) is 5.80. The predicted octanol–water partition coefficient (Wildman–Crippen LogP) is 2.84. The number of anilines is 1. The zero-order valence-corrected chi connectivity index (χ0v) is 11.7. The van der Waals surface area contributed by atoms with Crippen molar-refractivity contribution in [1.29, 1.82) is 0 Å². The molecule has 0 spiro atoms. The number of nitrogens with zero attached hydrogens (tertiary/aromatic N) is 3.